The van der Waals surface area contributed by atoms with E-state index in [1.54, 1.807) is 20.4 Å². The van der Waals surface area contributed by atoms with E-state index in [2.05, 4.69) is 10.3 Å². The SMILES string of the molecule is COc1cc(CC2(OC)CNC2)ccn1. The lowest BCUT2D eigenvalue weighted by Gasteiger charge is -2.41. The first kappa shape index (κ1) is 10.4. The number of aromatic nitrogens is 1. The van der Waals surface area contributed by atoms with Crippen LogP contribution in [-0.2, 0) is 11.2 Å². The zero-order valence-electron chi connectivity index (χ0n) is 9.12. The maximum atomic E-state index is 5.53. The van der Waals surface area contributed by atoms with Crippen LogP contribution < -0.4 is 10.1 Å². The molecular formula is C11H16N2O2. The molecule has 0 saturated carbocycles. The Morgan fingerprint density at radius 3 is 2.80 bits per heavy atom. The van der Waals surface area contributed by atoms with E-state index in [9.17, 15) is 0 Å². The molecule has 82 valence electrons. The Hall–Kier alpha value is -1.13. The van der Waals surface area contributed by atoms with Crippen molar-refractivity contribution in [2.24, 2.45) is 0 Å². The average Bonchev–Trinajstić information content (AvgIpc) is 2.24. The average molecular weight is 208 g/mol. The van der Waals surface area contributed by atoms with Crippen molar-refractivity contribution >= 4 is 0 Å². The second-order valence-electron chi connectivity index (χ2n) is 3.87. The molecule has 2 heterocycles. The molecular weight excluding hydrogens is 192 g/mol. The largest absolute Gasteiger partial charge is 0.481 e. The second kappa shape index (κ2) is 4.16. The van der Waals surface area contributed by atoms with Crippen molar-refractivity contribution < 1.29 is 9.47 Å². The van der Waals surface area contributed by atoms with Crippen LogP contribution in [0, 0.1) is 0 Å². The topological polar surface area (TPSA) is 43.4 Å². The van der Waals surface area contributed by atoms with Crippen molar-refractivity contribution in [1.29, 1.82) is 0 Å². The normalized spacial score (nSPS) is 18.3. The minimum absolute atomic E-state index is 0.0354. The highest BCUT2D eigenvalue weighted by Gasteiger charge is 2.36. The summed E-state index contributed by atoms with van der Waals surface area (Å²) < 4.78 is 10.6. The monoisotopic (exact) mass is 208 g/mol. The van der Waals surface area contributed by atoms with Gasteiger partial charge in [-0.15, -0.1) is 0 Å². The molecule has 1 N–H and O–H groups in total. The van der Waals surface area contributed by atoms with Gasteiger partial charge < -0.3 is 14.8 Å². The Kier molecular flexibility index (Phi) is 2.88. The van der Waals surface area contributed by atoms with E-state index < -0.39 is 0 Å². The van der Waals surface area contributed by atoms with Crippen LogP contribution in [0.2, 0.25) is 0 Å². The summed E-state index contributed by atoms with van der Waals surface area (Å²) in [5.41, 5.74) is 1.16. The van der Waals surface area contributed by atoms with Gasteiger partial charge in [-0.2, -0.15) is 0 Å². The molecule has 4 heteroatoms. The molecule has 4 nitrogen and oxygen atoms in total. The lowest BCUT2D eigenvalue weighted by Crippen LogP contribution is -2.61. The van der Waals surface area contributed by atoms with Gasteiger partial charge in [-0.1, -0.05) is 0 Å². The maximum Gasteiger partial charge on any atom is 0.213 e. The van der Waals surface area contributed by atoms with Gasteiger partial charge in [0.05, 0.1) is 12.7 Å². The van der Waals surface area contributed by atoms with Crippen molar-refractivity contribution in [2.75, 3.05) is 27.3 Å². The molecule has 2 rings (SSSR count). The summed E-state index contributed by atoms with van der Waals surface area (Å²) in [7, 11) is 3.39. The fourth-order valence-electron chi connectivity index (χ4n) is 1.79. The number of hydrogen-bond acceptors (Lipinski definition) is 4. The molecule has 1 aromatic rings. The first-order chi connectivity index (χ1) is 7.28. The predicted octanol–water partition coefficient (Wildman–Crippen LogP) is 0.621. The van der Waals surface area contributed by atoms with Crippen LogP contribution in [0.25, 0.3) is 0 Å². The molecule has 0 aliphatic carbocycles. The van der Waals surface area contributed by atoms with Gasteiger partial charge in [-0.05, 0) is 11.6 Å². The Bertz CT molecular complexity index is 332. The van der Waals surface area contributed by atoms with E-state index in [1.807, 2.05) is 12.1 Å². The smallest absolute Gasteiger partial charge is 0.213 e. The molecule has 0 atom stereocenters. The van der Waals surface area contributed by atoms with Gasteiger partial charge in [0.2, 0.25) is 5.88 Å². The maximum absolute atomic E-state index is 5.53. The fraction of sp³-hybridized carbons (Fsp3) is 0.545. The van der Waals surface area contributed by atoms with Gasteiger partial charge >= 0.3 is 0 Å². The summed E-state index contributed by atoms with van der Waals surface area (Å²) in [5.74, 6) is 0.658. The summed E-state index contributed by atoms with van der Waals surface area (Å²) in [4.78, 5) is 4.08. The Balaban J connectivity index is 2.09. The summed E-state index contributed by atoms with van der Waals surface area (Å²) in [6.07, 6.45) is 2.67. The lowest BCUT2D eigenvalue weighted by atomic mass is 9.89. The molecule has 15 heavy (non-hydrogen) atoms. The number of ether oxygens (including phenoxy) is 2. The van der Waals surface area contributed by atoms with Crippen LogP contribution in [0.15, 0.2) is 18.3 Å². The van der Waals surface area contributed by atoms with Crippen LogP contribution in [0.4, 0.5) is 0 Å². The van der Waals surface area contributed by atoms with Gasteiger partial charge in [0.15, 0.2) is 0 Å². The van der Waals surface area contributed by atoms with E-state index in [4.69, 9.17) is 9.47 Å². The standard InChI is InChI=1S/C11H16N2O2/c1-14-10-5-9(3-4-13-10)6-11(15-2)7-12-8-11/h3-5,12H,6-8H2,1-2H3. The molecule has 0 spiro atoms. The summed E-state index contributed by atoms with van der Waals surface area (Å²) in [6, 6.07) is 3.96. The van der Waals surface area contributed by atoms with E-state index in [0.29, 0.717) is 5.88 Å². The van der Waals surface area contributed by atoms with Crippen LogP contribution >= 0.6 is 0 Å². The van der Waals surface area contributed by atoms with Crippen LogP contribution in [-0.4, -0.2) is 37.9 Å². The first-order valence-electron chi connectivity index (χ1n) is 5.03. The third kappa shape index (κ3) is 2.11. The van der Waals surface area contributed by atoms with E-state index in [1.165, 1.54) is 5.56 Å². The Morgan fingerprint density at radius 2 is 2.27 bits per heavy atom. The molecule has 0 radical (unpaired) electrons. The van der Waals surface area contributed by atoms with Crippen molar-refractivity contribution in [2.45, 2.75) is 12.0 Å². The van der Waals surface area contributed by atoms with Gasteiger partial charge in [0, 0.05) is 38.9 Å². The highest BCUT2D eigenvalue weighted by Crippen LogP contribution is 2.22. The number of nitrogens with one attached hydrogen (secondary N) is 1. The van der Waals surface area contributed by atoms with Crippen molar-refractivity contribution in [3.63, 3.8) is 0 Å². The first-order valence-corrected chi connectivity index (χ1v) is 5.03. The van der Waals surface area contributed by atoms with Crippen LogP contribution in [0.1, 0.15) is 5.56 Å². The highest BCUT2D eigenvalue weighted by atomic mass is 16.5. The van der Waals surface area contributed by atoms with Gasteiger partial charge in [-0.3, -0.25) is 0 Å². The van der Waals surface area contributed by atoms with Gasteiger partial charge in [0.1, 0.15) is 0 Å². The zero-order chi connectivity index (χ0) is 10.7. The number of methoxy groups -OCH3 is 2. The number of rotatable bonds is 4. The number of nitrogens with zero attached hydrogens (tertiary/aromatic N) is 1. The molecule has 1 aromatic heterocycles. The second-order valence-corrected chi connectivity index (χ2v) is 3.87. The van der Waals surface area contributed by atoms with Crippen LogP contribution in [0.3, 0.4) is 0 Å². The van der Waals surface area contributed by atoms with Crippen molar-refractivity contribution in [3.05, 3.63) is 23.9 Å². The lowest BCUT2D eigenvalue weighted by molar-refractivity contribution is -0.0502. The third-order valence-electron chi connectivity index (χ3n) is 2.86. The van der Waals surface area contributed by atoms with E-state index >= 15 is 0 Å². The third-order valence-corrected chi connectivity index (χ3v) is 2.86. The Labute approximate surface area is 89.6 Å². The summed E-state index contributed by atoms with van der Waals surface area (Å²) in [5, 5.41) is 3.23. The number of pyridine rings is 1. The molecule has 0 amide bonds. The molecule has 0 aromatic carbocycles. The molecule has 1 aliphatic heterocycles. The summed E-state index contributed by atoms with van der Waals surface area (Å²) in [6.45, 7) is 1.82. The molecule has 1 saturated heterocycles. The summed E-state index contributed by atoms with van der Waals surface area (Å²) >= 11 is 0. The van der Waals surface area contributed by atoms with E-state index in [0.717, 1.165) is 19.5 Å². The van der Waals surface area contributed by atoms with Gasteiger partial charge in [-0.25, -0.2) is 4.98 Å². The van der Waals surface area contributed by atoms with Crippen LogP contribution in [0.5, 0.6) is 5.88 Å². The Morgan fingerprint density at radius 1 is 1.47 bits per heavy atom. The van der Waals surface area contributed by atoms with Crippen molar-refractivity contribution in [1.82, 2.24) is 10.3 Å². The molecule has 0 unspecified atom stereocenters. The molecule has 1 fully saturated rings. The fourth-order valence-corrected chi connectivity index (χ4v) is 1.79. The molecule has 0 bridgehead atoms. The minimum atomic E-state index is -0.0354. The predicted molar refractivity (Wildman–Crippen MR) is 57.1 cm³/mol. The van der Waals surface area contributed by atoms with Gasteiger partial charge in [0.25, 0.3) is 0 Å². The highest BCUT2D eigenvalue weighted by molar-refractivity contribution is 5.23. The number of hydrogen-bond donors (Lipinski definition) is 1. The van der Waals surface area contributed by atoms with E-state index in [-0.39, 0.29) is 5.60 Å². The van der Waals surface area contributed by atoms with Crippen molar-refractivity contribution in [3.8, 4) is 5.88 Å². The zero-order valence-corrected chi connectivity index (χ0v) is 9.12. The minimum Gasteiger partial charge on any atom is -0.481 e. The molecule has 1 aliphatic rings. The quantitative estimate of drug-likeness (QED) is 0.787.